The summed E-state index contributed by atoms with van der Waals surface area (Å²) in [6, 6.07) is 2.14. The molecule has 2 N–H and O–H groups in total. The van der Waals surface area contributed by atoms with Gasteiger partial charge in [-0.3, -0.25) is 0 Å². The topological polar surface area (TPSA) is 79.4 Å². The Kier molecular flexibility index (Phi) is 3.62. The van der Waals surface area contributed by atoms with Gasteiger partial charge in [-0.1, -0.05) is 6.07 Å². The number of hydrogen-bond donors (Lipinski definition) is 2. The van der Waals surface area contributed by atoms with E-state index >= 15 is 0 Å². The first-order chi connectivity index (χ1) is 9.78. The third-order valence-electron chi connectivity index (χ3n) is 2.85. The van der Waals surface area contributed by atoms with Crippen LogP contribution in [0.1, 0.15) is 11.1 Å². The van der Waals surface area contributed by atoms with Gasteiger partial charge >= 0.3 is 0 Å². The second-order valence-corrected chi connectivity index (χ2v) is 5.36. The van der Waals surface area contributed by atoms with E-state index in [9.17, 15) is 0 Å². The molecule has 0 fully saturated rings. The average Bonchev–Trinajstić information content (AvgIpc) is 2.91. The van der Waals surface area contributed by atoms with E-state index < -0.39 is 0 Å². The summed E-state index contributed by atoms with van der Waals surface area (Å²) in [7, 11) is 1.92. The maximum Gasteiger partial charge on any atom is 0.181 e. The number of hydrogen-bond acceptors (Lipinski definition) is 6. The summed E-state index contributed by atoms with van der Waals surface area (Å²) >= 11 is 1.52. The Morgan fingerprint density at radius 1 is 1.20 bits per heavy atom. The van der Waals surface area contributed by atoms with E-state index in [4.69, 9.17) is 0 Å². The fraction of sp³-hybridized carbons (Fsp3) is 0.231. The predicted octanol–water partition coefficient (Wildman–Crippen LogP) is 1.93. The van der Waals surface area contributed by atoms with Gasteiger partial charge in [-0.2, -0.15) is 0 Å². The van der Waals surface area contributed by atoms with Gasteiger partial charge in [0.25, 0.3) is 0 Å². The van der Waals surface area contributed by atoms with Crippen molar-refractivity contribution in [3.8, 4) is 0 Å². The normalized spacial score (nSPS) is 11.1. The molecule has 0 aromatic carbocycles. The Bertz CT molecular complexity index is 739. The number of aromatic nitrogens is 5. The number of aryl methyl sites for hydroxylation is 1. The monoisotopic (exact) mass is 286 g/mol. The fourth-order valence-corrected chi connectivity index (χ4v) is 2.80. The van der Waals surface area contributed by atoms with Crippen molar-refractivity contribution in [1.29, 1.82) is 0 Å². The van der Waals surface area contributed by atoms with E-state index in [0.29, 0.717) is 5.65 Å². The SMILES string of the molecule is CNCc1cnc(Sc2ncnc3nc[nH]c23)c(C)c1. The third-order valence-corrected chi connectivity index (χ3v) is 3.97. The van der Waals surface area contributed by atoms with E-state index in [-0.39, 0.29) is 0 Å². The molecule has 20 heavy (non-hydrogen) atoms. The second kappa shape index (κ2) is 5.56. The Morgan fingerprint density at radius 2 is 2.10 bits per heavy atom. The highest BCUT2D eigenvalue weighted by Gasteiger charge is 2.10. The van der Waals surface area contributed by atoms with Gasteiger partial charge in [0.1, 0.15) is 21.9 Å². The van der Waals surface area contributed by atoms with Crippen LogP contribution in [0, 0.1) is 6.92 Å². The van der Waals surface area contributed by atoms with Crippen molar-refractivity contribution in [2.75, 3.05) is 7.05 Å². The van der Waals surface area contributed by atoms with Crippen LogP contribution in [0.15, 0.2) is 35.0 Å². The Labute approximate surface area is 120 Å². The van der Waals surface area contributed by atoms with Crippen LogP contribution in [0.3, 0.4) is 0 Å². The standard InChI is InChI=1S/C13H14N6S/c1-8-3-9(4-14-2)5-15-12(8)20-13-10-11(17-6-16-10)18-7-19-13/h3,5-7,14H,4H2,1-2H3,(H,16,17,18,19). The molecule has 0 saturated carbocycles. The highest BCUT2D eigenvalue weighted by molar-refractivity contribution is 7.99. The first-order valence-electron chi connectivity index (χ1n) is 6.20. The summed E-state index contributed by atoms with van der Waals surface area (Å²) in [6.45, 7) is 2.87. The van der Waals surface area contributed by atoms with Crippen LogP contribution < -0.4 is 5.32 Å². The Morgan fingerprint density at radius 3 is 2.90 bits per heavy atom. The van der Waals surface area contributed by atoms with Gasteiger partial charge in [-0.25, -0.2) is 19.9 Å². The molecule has 0 spiro atoms. The lowest BCUT2D eigenvalue weighted by Gasteiger charge is -2.07. The van der Waals surface area contributed by atoms with Crippen molar-refractivity contribution in [3.05, 3.63) is 36.0 Å². The van der Waals surface area contributed by atoms with Crippen LogP contribution >= 0.6 is 11.8 Å². The molecule has 3 aromatic rings. The molecule has 3 heterocycles. The smallest absolute Gasteiger partial charge is 0.181 e. The van der Waals surface area contributed by atoms with Crippen LogP contribution in [0.5, 0.6) is 0 Å². The molecule has 0 amide bonds. The van der Waals surface area contributed by atoms with E-state index in [1.807, 2.05) is 13.2 Å². The van der Waals surface area contributed by atoms with Crippen LogP contribution in [-0.2, 0) is 6.54 Å². The number of nitrogens with one attached hydrogen (secondary N) is 2. The van der Waals surface area contributed by atoms with Gasteiger partial charge in [0.05, 0.1) is 6.33 Å². The van der Waals surface area contributed by atoms with Gasteiger partial charge in [-0.05, 0) is 36.9 Å². The maximum atomic E-state index is 4.51. The molecule has 0 aliphatic heterocycles. The molecule has 0 saturated heterocycles. The average molecular weight is 286 g/mol. The molecule has 3 rings (SSSR count). The third kappa shape index (κ3) is 2.50. The number of fused-ring (bicyclic) bond motifs is 1. The zero-order valence-electron chi connectivity index (χ0n) is 11.2. The van der Waals surface area contributed by atoms with Crippen LogP contribution in [0.25, 0.3) is 11.2 Å². The van der Waals surface area contributed by atoms with Gasteiger partial charge in [0.15, 0.2) is 5.65 Å². The van der Waals surface area contributed by atoms with Gasteiger partial charge in [-0.15, -0.1) is 0 Å². The molecule has 0 aliphatic rings. The summed E-state index contributed by atoms with van der Waals surface area (Å²) in [5.74, 6) is 0. The molecule has 102 valence electrons. The fourth-order valence-electron chi connectivity index (χ4n) is 1.94. The number of pyridine rings is 1. The molecule has 0 atom stereocenters. The highest BCUT2D eigenvalue weighted by Crippen LogP contribution is 2.30. The summed E-state index contributed by atoms with van der Waals surface area (Å²) in [5.41, 5.74) is 3.82. The number of imidazole rings is 1. The minimum atomic E-state index is 0.673. The lowest BCUT2D eigenvalue weighted by atomic mass is 10.2. The van der Waals surface area contributed by atoms with Gasteiger partial charge in [0, 0.05) is 12.7 Å². The molecule has 0 radical (unpaired) electrons. The number of rotatable bonds is 4. The van der Waals surface area contributed by atoms with Crippen molar-refractivity contribution in [1.82, 2.24) is 30.2 Å². The second-order valence-electron chi connectivity index (χ2n) is 4.38. The lowest BCUT2D eigenvalue weighted by Crippen LogP contribution is -2.05. The van der Waals surface area contributed by atoms with E-state index in [0.717, 1.165) is 27.7 Å². The molecular weight excluding hydrogens is 272 g/mol. The lowest BCUT2D eigenvalue weighted by molar-refractivity contribution is 0.806. The molecule has 6 nitrogen and oxygen atoms in total. The largest absolute Gasteiger partial charge is 0.341 e. The number of H-pyrrole nitrogens is 1. The first-order valence-corrected chi connectivity index (χ1v) is 7.01. The van der Waals surface area contributed by atoms with E-state index in [1.165, 1.54) is 23.7 Å². The van der Waals surface area contributed by atoms with E-state index in [1.54, 1.807) is 6.33 Å². The van der Waals surface area contributed by atoms with Crippen molar-refractivity contribution in [2.24, 2.45) is 0 Å². The Hall–Kier alpha value is -1.99. The first kappa shape index (κ1) is 13.0. The van der Waals surface area contributed by atoms with Crippen LogP contribution in [-0.4, -0.2) is 32.0 Å². The molecular formula is C13H14N6S. The van der Waals surface area contributed by atoms with Crippen molar-refractivity contribution >= 4 is 22.9 Å². The quantitative estimate of drug-likeness (QED) is 0.713. The summed E-state index contributed by atoms with van der Waals surface area (Å²) in [5, 5.41) is 4.90. The maximum absolute atomic E-state index is 4.51. The molecule has 3 aromatic heterocycles. The summed E-state index contributed by atoms with van der Waals surface area (Å²) in [4.78, 5) is 20.1. The van der Waals surface area contributed by atoms with Gasteiger partial charge < -0.3 is 10.3 Å². The summed E-state index contributed by atoms with van der Waals surface area (Å²) in [6.07, 6.45) is 5.03. The zero-order valence-corrected chi connectivity index (χ0v) is 12.0. The molecule has 7 heteroatoms. The minimum Gasteiger partial charge on any atom is -0.341 e. The number of nitrogens with zero attached hydrogens (tertiary/aromatic N) is 4. The molecule has 0 bridgehead atoms. The molecule has 0 unspecified atom stereocenters. The van der Waals surface area contributed by atoms with Crippen molar-refractivity contribution < 1.29 is 0 Å². The highest BCUT2D eigenvalue weighted by atomic mass is 32.2. The van der Waals surface area contributed by atoms with Crippen LogP contribution in [0.4, 0.5) is 0 Å². The van der Waals surface area contributed by atoms with Crippen LogP contribution in [0.2, 0.25) is 0 Å². The molecule has 0 aliphatic carbocycles. The minimum absolute atomic E-state index is 0.673. The number of aromatic amines is 1. The zero-order chi connectivity index (χ0) is 13.9. The van der Waals surface area contributed by atoms with E-state index in [2.05, 4.69) is 43.2 Å². The van der Waals surface area contributed by atoms with Crippen molar-refractivity contribution in [3.63, 3.8) is 0 Å². The summed E-state index contributed by atoms with van der Waals surface area (Å²) < 4.78 is 0. The Balaban J connectivity index is 1.93. The van der Waals surface area contributed by atoms with Gasteiger partial charge in [0.2, 0.25) is 0 Å². The predicted molar refractivity (Wildman–Crippen MR) is 77.5 cm³/mol. The van der Waals surface area contributed by atoms with Crippen molar-refractivity contribution in [2.45, 2.75) is 23.5 Å².